The van der Waals surface area contributed by atoms with E-state index in [4.69, 9.17) is 5.73 Å². The third-order valence-corrected chi connectivity index (χ3v) is 3.26. The molecule has 0 saturated carbocycles. The smallest absolute Gasteiger partial charge is 0.123 e. The third kappa shape index (κ3) is 2.44. The van der Waals surface area contributed by atoms with Crippen LogP contribution in [0.25, 0.3) is 0 Å². The first-order valence-electron chi connectivity index (χ1n) is 6.08. The van der Waals surface area contributed by atoms with E-state index in [1.54, 1.807) is 6.07 Å². The second-order valence-electron chi connectivity index (χ2n) is 4.85. The summed E-state index contributed by atoms with van der Waals surface area (Å²) in [4.78, 5) is 0. The largest absolute Gasteiger partial charge is 0.320 e. The summed E-state index contributed by atoms with van der Waals surface area (Å²) < 4.78 is 13.3. The van der Waals surface area contributed by atoms with Crippen molar-refractivity contribution in [2.24, 2.45) is 5.73 Å². The average Bonchev–Trinajstić information content (AvgIpc) is 2.27. The van der Waals surface area contributed by atoms with Crippen LogP contribution in [0.15, 0.2) is 36.4 Å². The Kier molecular flexibility index (Phi) is 3.48. The van der Waals surface area contributed by atoms with Crippen LogP contribution in [-0.4, -0.2) is 0 Å². The molecule has 0 saturated heterocycles. The highest BCUT2D eigenvalue weighted by molar-refractivity contribution is 5.43. The van der Waals surface area contributed by atoms with E-state index in [-0.39, 0.29) is 11.9 Å². The molecule has 0 radical (unpaired) electrons. The molecule has 0 amide bonds. The molecule has 2 N–H and O–H groups in total. The fraction of sp³-hybridized carbons (Fsp3) is 0.250. The zero-order valence-corrected chi connectivity index (χ0v) is 11.0. The Hall–Kier alpha value is -1.67. The molecule has 0 fully saturated rings. The summed E-state index contributed by atoms with van der Waals surface area (Å²) in [5, 5.41) is 0. The van der Waals surface area contributed by atoms with Crippen LogP contribution >= 0.6 is 0 Å². The van der Waals surface area contributed by atoms with E-state index in [2.05, 4.69) is 32.9 Å². The number of hydrogen-bond acceptors (Lipinski definition) is 1. The summed E-state index contributed by atoms with van der Waals surface area (Å²) in [6.07, 6.45) is 0. The molecule has 2 rings (SSSR count). The number of benzene rings is 2. The van der Waals surface area contributed by atoms with Gasteiger partial charge in [0.25, 0.3) is 0 Å². The number of aryl methyl sites for hydroxylation is 3. The van der Waals surface area contributed by atoms with Crippen LogP contribution in [-0.2, 0) is 0 Å². The zero-order valence-electron chi connectivity index (χ0n) is 11.0. The highest BCUT2D eigenvalue weighted by Gasteiger charge is 2.14. The van der Waals surface area contributed by atoms with Crippen molar-refractivity contribution in [3.8, 4) is 0 Å². The van der Waals surface area contributed by atoms with Gasteiger partial charge in [0.15, 0.2) is 0 Å². The Morgan fingerprint density at radius 1 is 1.00 bits per heavy atom. The van der Waals surface area contributed by atoms with E-state index in [9.17, 15) is 4.39 Å². The summed E-state index contributed by atoms with van der Waals surface area (Å²) in [7, 11) is 0. The van der Waals surface area contributed by atoms with Crippen molar-refractivity contribution < 1.29 is 4.39 Å². The maximum atomic E-state index is 13.3. The molecule has 0 heterocycles. The van der Waals surface area contributed by atoms with Crippen LogP contribution in [0.3, 0.4) is 0 Å². The van der Waals surface area contributed by atoms with Crippen LogP contribution in [0.2, 0.25) is 0 Å². The van der Waals surface area contributed by atoms with Crippen molar-refractivity contribution in [1.29, 1.82) is 0 Å². The summed E-state index contributed by atoms with van der Waals surface area (Å²) in [5.74, 6) is -0.245. The molecule has 94 valence electrons. The molecule has 1 nitrogen and oxygen atoms in total. The molecule has 0 spiro atoms. The normalized spacial score (nSPS) is 12.5. The number of halogens is 1. The van der Waals surface area contributed by atoms with Crippen LogP contribution in [0.1, 0.15) is 33.9 Å². The summed E-state index contributed by atoms with van der Waals surface area (Å²) in [6, 6.07) is 10.5. The molecule has 0 bridgehead atoms. The lowest BCUT2D eigenvalue weighted by atomic mass is 9.90. The van der Waals surface area contributed by atoms with Crippen molar-refractivity contribution in [3.63, 3.8) is 0 Å². The van der Waals surface area contributed by atoms with Crippen molar-refractivity contribution in [1.82, 2.24) is 0 Å². The van der Waals surface area contributed by atoms with Gasteiger partial charge in [-0.15, -0.1) is 0 Å². The molecule has 2 aromatic rings. The van der Waals surface area contributed by atoms with Crippen molar-refractivity contribution >= 4 is 0 Å². The molecule has 1 atom stereocenters. The number of rotatable bonds is 2. The fourth-order valence-electron chi connectivity index (χ4n) is 2.55. The van der Waals surface area contributed by atoms with Gasteiger partial charge < -0.3 is 5.73 Å². The summed E-state index contributed by atoms with van der Waals surface area (Å²) in [5.41, 5.74) is 11.7. The van der Waals surface area contributed by atoms with Crippen LogP contribution in [0.4, 0.5) is 4.39 Å². The van der Waals surface area contributed by atoms with Gasteiger partial charge in [0.2, 0.25) is 0 Å². The Morgan fingerprint density at radius 2 is 1.61 bits per heavy atom. The number of hydrogen-bond donors (Lipinski definition) is 1. The predicted octanol–water partition coefficient (Wildman–Crippen LogP) is 3.80. The van der Waals surface area contributed by atoms with E-state index in [1.165, 1.54) is 17.7 Å². The first kappa shape index (κ1) is 12.8. The predicted molar refractivity (Wildman–Crippen MR) is 73.1 cm³/mol. The molecule has 2 aromatic carbocycles. The lowest BCUT2D eigenvalue weighted by molar-refractivity contribution is 0.623. The Bertz CT molecular complexity index is 552. The minimum Gasteiger partial charge on any atom is -0.320 e. The molecule has 1 unspecified atom stereocenters. The zero-order chi connectivity index (χ0) is 13.3. The van der Waals surface area contributed by atoms with E-state index in [0.717, 1.165) is 22.3 Å². The van der Waals surface area contributed by atoms with Crippen LogP contribution in [0.5, 0.6) is 0 Å². The Morgan fingerprint density at radius 3 is 2.17 bits per heavy atom. The highest BCUT2D eigenvalue weighted by atomic mass is 19.1. The average molecular weight is 243 g/mol. The minimum atomic E-state index is -0.277. The van der Waals surface area contributed by atoms with Gasteiger partial charge in [-0.2, -0.15) is 0 Å². The second kappa shape index (κ2) is 4.91. The molecule has 0 aliphatic heterocycles. The standard InChI is InChI=1S/C16H18FN/c1-10-7-11(2)15(12(3)8-10)16(18)13-5-4-6-14(17)9-13/h4-9,16H,18H2,1-3H3. The highest BCUT2D eigenvalue weighted by Crippen LogP contribution is 2.27. The maximum absolute atomic E-state index is 13.3. The van der Waals surface area contributed by atoms with E-state index in [0.29, 0.717) is 0 Å². The molecular formula is C16H18FN. The third-order valence-electron chi connectivity index (χ3n) is 3.26. The molecule has 0 aromatic heterocycles. The lowest BCUT2D eigenvalue weighted by Crippen LogP contribution is -2.15. The lowest BCUT2D eigenvalue weighted by Gasteiger charge is -2.19. The van der Waals surface area contributed by atoms with Gasteiger partial charge in [0, 0.05) is 0 Å². The first-order valence-corrected chi connectivity index (χ1v) is 6.08. The van der Waals surface area contributed by atoms with Gasteiger partial charge in [-0.3, -0.25) is 0 Å². The monoisotopic (exact) mass is 243 g/mol. The molecule has 0 aliphatic rings. The molecule has 0 aliphatic carbocycles. The van der Waals surface area contributed by atoms with Gasteiger partial charge >= 0.3 is 0 Å². The quantitative estimate of drug-likeness (QED) is 0.853. The van der Waals surface area contributed by atoms with Crippen LogP contribution in [0, 0.1) is 26.6 Å². The summed E-state index contributed by atoms with van der Waals surface area (Å²) >= 11 is 0. The van der Waals surface area contributed by atoms with E-state index in [1.807, 2.05) is 6.07 Å². The first-order chi connectivity index (χ1) is 8.49. The van der Waals surface area contributed by atoms with Crippen molar-refractivity contribution in [3.05, 3.63) is 70.0 Å². The van der Waals surface area contributed by atoms with Crippen molar-refractivity contribution in [2.45, 2.75) is 26.8 Å². The molecular weight excluding hydrogens is 225 g/mol. The van der Waals surface area contributed by atoms with Gasteiger partial charge in [0.1, 0.15) is 5.82 Å². The van der Waals surface area contributed by atoms with Crippen LogP contribution < -0.4 is 5.73 Å². The van der Waals surface area contributed by atoms with Gasteiger partial charge in [-0.05, 0) is 55.2 Å². The molecule has 18 heavy (non-hydrogen) atoms. The Labute approximate surface area is 107 Å². The minimum absolute atomic E-state index is 0.245. The van der Waals surface area contributed by atoms with Gasteiger partial charge in [0.05, 0.1) is 6.04 Å². The van der Waals surface area contributed by atoms with Crippen molar-refractivity contribution in [2.75, 3.05) is 0 Å². The topological polar surface area (TPSA) is 26.0 Å². The Balaban J connectivity index is 2.49. The second-order valence-corrected chi connectivity index (χ2v) is 4.85. The fourth-order valence-corrected chi connectivity index (χ4v) is 2.55. The van der Waals surface area contributed by atoms with E-state index < -0.39 is 0 Å². The van der Waals surface area contributed by atoms with Gasteiger partial charge in [-0.1, -0.05) is 29.8 Å². The summed E-state index contributed by atoms with van der Waals surface area (Å²) in [6.45, 7) is 6.17. The van der Waals surface area contributed by atoms with E-state index >= 15 is 0 Å². The maximum Gasteiger partial charge on any atom is 0.123 e. The molecule has 2 heteroatoms. The van der Waals surface area contributed by atoms with Gasteiger partial charge in [-0.25, -0.2) is 4.39 Å². The number of nitrogens with two attached hydrogens (primary N) is 1. The SMILES string of the molecule is Cc1cc(C)c(C(N)c2cccc(F)c2)c(C)c1.